The number of rotatable bonds is 10. The molecule has 1 unspecified atom stereocenters. The predicted octanol–water partition coefficient (Wildman–Crippen LogP) is 4.51. The van der Waals surface area contributed by atoms with Crippen LogP contribution in [0.3, 0.4) is 0 Å². The molecule has 0 aromatic carbocycles. The van der Waals surface area contributed by atoms with Crippen LogP contribution in [0.2, 0.25) is 0 Å². The normalized spacial score (nSPS) is 13.4. The third-order valence-electron chi connectivity index (χ3n) is 3.25. The summed E-state index contributed by atoms with van der Waals surface area (Å²) in [4.78, 5) is 0. The molecule has 0 spiro atoms. The topological polar surface area (TPSA) is 80.4 Å². The lowest BCUT2D eigenvalue weighted by atomic mass is 9.99. The highest BCUT2D eigenvalue weighted by atomic mass is 32.2. The molecule has 0 rings (SSSR count). The van der Waals surface area contributed by atoms with E-state index in [0.717, 1.165) is 12.5 Å². The minimum atomic E-state index is -5.84. The van der Waals surface area contributed by atoms with Gasteiger partial charge in [0.15, 0.2) is 0 Å². The SMILES string of the molecule is CCCCCCCCCC(C)CCN.O=S(=O)(O)C(F)(F)F. The fourth-order valence-corrected chi connectivity index (χ4v) is 1.88. The summed E-state index contributed by atoms with van der Waals surface area (Å²) in [6.45, 7) is 5.45. The zero-order valence-electron chi connectivity index (χ0n) is 13.5. The van der Waals surface area contributed by atoms with E-state index in [2.05, 4.69) is 13.8 Å². The minimum absolute atomic E-state index is 0.843. The molecule has 22 heavy (non-hydrogen) atoms. The van der Waals surface area contributed by atoms with Crippen LogP contribution in [0.25, 0.3) is 0 Å². The van der Waals surface area contributed by atoms with Gasteiger partial charge in [0.1, 0.15) is 0 Å². The Morgan fingerprint density at radius 3 is 1.77 bits per heavy atom. The van der Waals surface area contributed by atoms with E-state index in [1.807, 2.05) is 0 Å². The van der Waals surface area contributed by atoms with Gasteiger partial charge in [-0.05, 0) is 18.9 Å². The number of nitrogens with two attached hydrogens (primary N) is 1. The van der Waals surface area contributed by atoms with Crippen LogP contribution in [-0.2, 0) is 10.1 Å². The van der Waals surface area contributed by atoms with Gasteiger partial charge in [0, 0.05) is 0 Å². The Hall–Kier alpha value is -0.340. The van der Waals surface area contributed by atoms with Crippen molar-refractivity contribution in [3.05, 3.63) is 0 Å². The highest BCUT2D eigenvalue weighted by Gasteiger charge is 2.44. The van der Waals surface area contributed by atoms with Crippen molar-refractivity contribution >= 4 is 10.1 Å². The lowest BCUT2D eigenvalue weighted by Crippen LogP contribution is -2.21. The van der Waals surface area contributed by atoms with Gasteiger partial charge in [0.2, 0.25) is 0 Å². The second-order valence-electron chi connectivity index (χ2n) is 5.51. The Kier molecular flexibility index (Phi) is 14.3. The van der Waals surface area contributed by atoms with Crippen LogP contribution in [0.15, 0.2) is 0 Å². The van der Waals surface area contributed by atoms with E-state index in [1.165, 1.54) is 57.8 Å². The Labute approximate surface area is 132 Å². The lowest BCUT2D eigenvalue weighted by Gasteiger charge is -2.08. The van der Waals surface area contributed by atoms with Crippen LogP contribution in [-0.4, -0.2) is 25.0 Å². The van der Waals surface area contributed by atoms with Crippen molar-refractivity contribution in [3.8, 4) is 0 Å². The zero-order chi connectivity index (χ0) is 17.6. The van der Waals surface area contributed by atoms with Gasteiger partial charge in [-0.15, -0.1) is 0 Å². The molecule has 3 N–H and O–H groups in total. The van der Waals surface area contributed by atoms with Crippen LogP contribution in [0.4, 0.5) is 13.2 Å². The summed E-state index contributed by atoms with van der Waals surface area (Å²) < 4.78 is 57.5. The lowest BCUT2D eigenvalue weighted by molar-refractivity contribution is -0.0510. The molecule has 0 bridgehead atoms. The average Bonchev–Trinajstić information content (AvgIpc) is 2.36. The fraction of sp³-hybridized carbons (Fsp3) is 1.00. The van der Waals surface area contributed by atoms with Gasteiger partial charge in [0.05, 0.1) is 0 Å². The molecule has 0 aliphatic carbocycles. The maximum atomic E-state index is 10.7. The fourth-order valence-electron chi connectivity index (χ4n) is 1.88. The van der Waals surface area contributed by atoms with Crippen molar-refractivity contribution in [2.45, 2.75) is 77.1 Å². The maximum absolute atomic E-state index is 10.7. The first-order valence-corrected chi connectivity index (χ1v) is 9.24. The minimum Gasteiger partial charge on any atom is -0.330 e. The molecule has 4 nitrogen and oxygen atoms in total. The Balaban J connectivity index is 0. The molecule has 0 radical (unpaired) electrons. The van der Waals surface area contributed by atoms with Crippen LogP contribution in [0.5, 0.6) is 0 Å². The molecule has 0 heterocycles. The summed E-state index contributed by atoms with van der Waals surface area (Å²) in [5, 5.41) is 0. The van der Waals surface area contributed by atoms with Gasteiger partial charge >= 0.3 is 15.6 Å². The van der Waals surface area contributed by atoms with Crippen LogP contribution < -0.4 is 5.73 Å². The second kappa shape index (κ2) is 13.1. The van der Waals surface area contributed by atoms with Crippen molar-refractivity contribution < 1.29 is 26.1 Å². The number of unbranched alkanes of at least 4 members (excludes halogenated alkanes) is 6. The van der Waals surface area contributed by atoms with Gasteiger partial charge in [0.25, 0.3) is 0 Å². The predicted molar refractivity (Wildman–Crippen MR) is 83.0 cm³/mol. The van der Waals surface area contributed by atoms with Gasteiger partial charge in [-0.3, -0.25) is 4.55 Å². The molecule has 1 atom stereocenters. The van der Waals surface area contributed by atoms with Crippen molar-refractivity contribution in [2.75, 3.05) is 6.54 Å². The average molecular weight is 349 g/mol. The van der Waals surface area contributed by atoms with Gasteiger partial charge in [-0.25, -0.2) is 0 Å². The molecule has 136 valence electrons. The van der Waals surface area contributed by atoms with E-state index in [4.69, 9.17) is 18.7 Å². The largest absolute Gasteiger partial charge is 0.522 e. The molecule has 0 saturated heterocycles. The Bertz CT molecular complexity index is 346. The molecule has 0 fully saturated rings. The number of alkyl halides is 3. The molecule has 0 aliphatic rings. The summed E-state index contributed by atoms with van der Waals surface area (Å²) in [5.74, 6) is 0.843. The van der Waals surface area contributed by atoms with Crippen molar-refractivity contribution in [1.29, 1.82) is 0 Å². The third kappa shape index (κ3) is 16.0. The molecule has 0 aromatic rings. The molecule has 0 aromatic heterocycles. The maximum Gasteiger partial charge on any atom is 0.522 e. The van der Waals surface area contributed by atoms with Gasteiger partial charge in [-0.2, -0.15) is 21.6 Å². The van der Waals surface area contributed by atoms with E-state index in [1.54, 1.807) is 0 Å². The summed E-state index contributed by atoms with van der Waals surface area (Å²) in [7, 11) is -5.84. The van der Waals surface area contributed by atoms with Crippen LogP contribution in [0.1, 0.15) is 71.6 Å². The zero-order valence-corrected chi connectivity index (χ0v) is 14.3. The Morgan fingerprint density at radius 2 is 1.41 bits per heavy atom. The highest BCUT2D eigenvalue weighted by Crippen LogP contribution is 2.20. The molecule has 0 amide bonds. The van der Waals surface area contributed by atoms with Crippen molar-refractivity contribution in [2.24, 2.45) is 11.7 Å². The molecule has 8 heteroatoms. The van der Waals surface area contributed by atoms with E-state index in [-0.39, 0.29) is 0 Å². The first kappa shape index (κ1) is 23.9. The first-order valence-electron chi connectivity index (χ1n) is 7.80. The van der Waals surface area contributed by atoms with E-state index in [0.29, 0.717) is 0 Å². The third-order valence-corrected chi connectivity index (χ3v) is 3.84. The summed E-state index contributed by atoms with van der Waals surface area (Å²) in [6, 6.07) is 0. The molecule has 0 saturated carbocycles. The monoisotopic (exact) mass is 349 g/mol. The summed E-state index contributed by atoms with van der Waals surface area (Å²) in [6.07, 6.45) is 12.5. The standard InChI is InChI=1S/C13H29N.CHF3O3S/c1-3-4-5-6-7-8-9-10-13(2)11-12-14;2-1(3,4)8(5,6)7/h13H,3-12,14H2,1-2H3;(H,5,6,7). The smallest absolute Gasteiger partial charge is 0.330 e. The van der Waals surface area contributed by atoms with Crippen LogP contribution >= 0.6 is 0 Å². The molecule has 0 aliphatic heterocycles. The van der Waals surface area contributed by atoms with Gasteiger partial charge < -0.3 is 5.73 Å². The van der Waals surface area contributed by atoms with Gasteiger partial charge in [-0.1, -0.05) is 65.2 Å². The van der Waals surface area contributed by atoms with Crippen LogP contribution in [0, 0.1) is 5.92 Å². The van der Waals surface area contributed by atoms with E-state index in [9.17, 15) is 13.2 Å². The first-order chi connectivity index (χ1) is 10.1. The van der Waals surface area contributed by atoms with Crippen molar-refractivity contribution in [3.63, 3.8) is 0 Å². The molecular weight excluding hydrogens is 319 g/mol. The Morgan fingerprint density at radius 1 is 1.00 bits per heavy atom. The number of hydrogen-bond acceptors (Lipinski definition) is 3. The quantitative estimate of drug-likeness (QED) is 0.345. The number of halogens is 3. The highest BCUT2D eigenvalue weighted by molar-refractivity contribution is 7.86. The summed E-state index contributed by atoms with van der Waals surface area (Å²) in [5.41, 5.74) is -0.0200. The molecular formula is C14H30F3NO3S. The number of hydrogen-bond donors (Lipinski definition) is 2. The van der Waals surface area contributed by atoms with Crippen molar-refractivity contribution in [1.82, 2.24) is 0 Å². The summed E-state index contributed by atoms with van der Waals surface area (Å²) >= 11 is 0. The van der Waals surface area contributed by atoms with E-state index >= 15 is 0 Å². The second-order valence-corrected chi connectivity index (χ2v) is 6.93. The van der Waals surface area contributed by atoms with E-state index < -0.39 is 15.6 Å².